The predicted octanol–water partition coefficient (Wildman–Crippen LogP) is 3.50. The number of nitro benzene ring substituents is 1. The second-order valence-corrected chi connectivity index (χ2v) is 4.18. The summed E-state index contributed by atoms with van der Waals surface area (Å²) in [4.78, 5) is 22.3. The lowest BCUT2D eigenvalue weighted by atomic mass is 10.1. The summed E-state index contributed by atoms with van der Waals surface area (Å²) >= 11 is 5.77. The molecule has 6 heteroatoms. The average Bonchev–Trinajstić information content (AvgIpc) is 2.39. The van der Waals surface area contributed by atoms with E-state index in [0.29, 0.717) is 5.69 Å². The fourth-order valence-corrected chi connectivity index (χ4v) is 1.74. The topological polar surface area (TPSA) is 72.2 Å². The van der Waals surface area contributed by atoms with Gasteiger partial charge >= 0.3 is 0 Å². The van der Waals surface area contributed by atoms with Gasteiger partial charge in [-0.2, -0.15) is 0 Å². The molecule has 0 saturated carbocycles. The van der Waals surface area contributed by atoms with Crippen LogP contribution in [0, 0.1) is 10.1 Å². The molecule has 1 N–H and O–H groups in total. The van der Waals surface area contributed by atoms with Crippen LogP contribution in [0.15, 0.2) is 48.5 Å². The SMILES string of the molecule is O=C(Nc1ccccc1)c1cc(Cl)ccc1[N+](=O)[O-]. The van der Waals surface area contributed by atoms with Crippen molar-refractivity contribution in [3.63, 3.8) is 0 Å². The Morgan fingerprint density at radius 1 is 1.16 bits per heavy atom. The zero-order valence-corrected chi connectivity index (χ0v) is 10.4. The molecular weight excluding hydrogens is 268 g/mol. The number of carbonyl (C=O) groups excluding carboxylic acids is 1. The second kappa shape index (κ2) is 5.49. The second-order valence-electron chi connectivity index (χ2n) is 3.74. The van der Waals surface area contributed by atoms with Crippen molar-refractivity contribution in [3.8, 4) is 0 Å². The van der Waals surface area contributed by atoms with Gasteiger partial charge in [-0.15, -0.1) is 0 Å². The van der Waals surface area contributed by atoms with Crippen LogP contribution in [0.25, 0.3) is 0 Å². The van der Waals surface area contributed by atoms with Gasteiger partial charge < -0.3 is 5.32 Å². The molecule has 2 aromatic carbocycles. The van der Waals surface area contributed by atoms with Crippen molar-refractivity contribution >= 4 is 28.9 Å². The molecule has 5 nitrogen and oxygen atoms in total. The van der Waals surface area contributed by atoms with Crippen LogP contribution in [-0.2, 0) is 0 Å². The molecule has 0 aliphatic rings. The van der Waals surface area contributed by atoms with Gasteiger partial charge in [0.1, 0.15) is 5.56 Å². The van der Waals surface area contributed by atoms with Gasteiger partial charge in [0.25, 0.3) is 11.6 Å². The molecule has 0 aliphatic heterocycles. The first kappa shape index (κ1) is 13.0. The minimum Gasteiger partial charge on any atom is -0.322 e. The first-order chi connectivity index (χ1) is 9.08. The normalized spacial score (nSPS) is 9.95. The molecule has 0 bridgehead atoms. The lowest BCUT2D eigenvalue weighted by Crippen LogP contribution is -2.13. The van der Waals surface area contributed by atoms with Crippen LogP contribution >= 0.6 is 11.6 Å². The van der Waals surface area contributed by atoms with Gasteiger partial charge in [-0.1, -0.05) is 29.8 Å². The van der Waals surface area contributed by atoms with Crippen LogP contribution in [0.4, 0.5) is 11.4 Å². The van der Waals surface area contributed by atoms with Gasteiger partial charge in [0.15, 0.2) is 0 Å². The summed E-state index contributed by atoms with van der Waals surface area (Å²) in [5, 5.41) is 13.7. The molecule has 0 radical (unpaired) electrons. The number of benzene rings is 2. The van der Waals surface area contributed by atoms with E-state index in [9.17, 15) is 14.9 Å². The molecule has 19 heavy (non-hydrogen) atoms. The Labute approximate surface area is 114 Å². The van der Waals surface area contributed by atoms with Gasteiger partial charge in [-0.25, -0.2) is 0 Å². The smallest absolute Gasteiger partial charge is 0.282 e. The van der Waals surface area contributed by atoms with E-state index in [-0.39, 0.29) is 16.3 Å². The number of nitrogens with zero attached hydrogens (tertiary/aromatic N) is 1. The molecule has 0 fully saturated rings. The lowest BCUT2D eigenvalue weighted by molar-refractivity contribution is -0.385. The fourth-order valence-electron chi connectivity index (χ4n) is 1.57. The van der Waals surface area contributed by atoms with Crippen molar-refractivity contribution in [2.45, 2.75) is 0 Å². The minimum atomic E-state index is -0.615. The number of para-hydroxylation sites is 1. The molecule has 0 saturated heterocycles. The van der Waals surface area contributed by atoms with Crippen LogP contribution in [0.1, 0.15) is 10.4 Å². The number of nitrogens with one attached hydrogen (secondary N) is 1. The van der Waals surface area contributed by atoms with Crippen LogP contribution in [0.2, 0.25) is 5.02 Å². The summed E-state index contributed by atoms with van der Waals surface area (Å²) in [6.07, 6.45) is 0. The highest BCUT2D eigenvalue weighted by atomic mass is 35.5. The zero-order chi connectivity index (χ0) is 13.8. The quantitative estimate of drug-likeness (QED) is 0.689. The van der Waals surface area contributed by atoms with Crippen molar-refractivity contribution in [2.75, 3.05) is 5.32 Å². The summed E-state index contributed by atoms with van der Waals surface area (Å²) in [7, 11) is 0. The van der Waals surface area contributed by atoms with E-state index in [1.807, 2.05) is 0 Å². The van der Waals surface area contributed by atoms with Gasteiger partial charge in [0.05, 0.1) is 4.92 Å². The first-order valence-electron chi connectivity index (χ1n) is 5.38. The Balaban J connectivity index is 2.33. The van der Waals surface area contributed by atoms with Crippen molar-refractivity contribution in [3.05, 3.63) is 69.2 Å². The molecule has 2 aromatic rings. The number of carbonyl (C=O) groups is 1. The molecule has 0 spiro atoms. The molecule has 0 atom stereocenters. The van der Waals surface area contributed by atoms with Crippen molar-refractivity contribution in [1.29, 1.82) is 0 Å². The number of amides is 1. The summed E-state index contributed by atoms with van der Waals surface area (Å²) in [6, 6.07) is 12.5. The molecule has 0 aromatic heterocycles. The van der Waals surface area contributed by atoms with Gasteiger partial charge in [-0.3, -0.25) is 14.9 Å². The van der Waals surface area contributed by atoms with Gasteiger partial charge in [0, 0.05) is 16.8 Å². The van der Waals surface area contributed by atoms with E-state index < -0.39 is 10.8 Å². The maximum absolute atomic E-state index is 12.0. The number of nitro groups is 1. The summed E-state index contributed by atoms with van der Waals surface area (Å²) in [5.41, 5.74) is 0.209. The largest absolute Gasteiger partial charge is 0.322 e. The Morgan fingerprint density at radius 2 is 1.84 bits per heavy atom. The molecule has 96 valence electrons. The molecule has 0 unspecified atom stereocenters. The Hall–Kier alpha value is -2.40. The van der Waals surface area contributed by atoms with Crippen molar-refractivity contribution < 1.29 is 9.72 Å². The van der Waals surface area contributed by atoms with Crippen molar-refractivity contribution in [2.24, 2.45) is 0 Å². The third-order valence-electron chi connectivity index (χ3n) is 2.43. The monoisotopic (exact) mass is 276 g/mol. The highest BCUT2D eigenvalue weighted by molar-refractivity contribution is 6.31. The van der Waals surface area contributed by atoms with Gasteiger partial charge in [-0.05, 0) is 24.3 Å². The lowest BCUT2D eigenvalue weighted by Gasteiger charge is -2.06. The molecule has 1 amide bonds. The maximum Gasteiger partial charge on any atom is 0.282 e. The zero-order valence-electron chi connectivity index (χ0n) is 9.67. The number of anilines is 1. The number of halogens is 1. The van der Waals surface area contributed by atoms with E-state index in [4.69, 9.17) is 11.6 Å². The molecule has 0 heterocycles. The third-order valence-corrected chi connectivity index (χ3v) is 2.67. The van der Waals surface area contributed by atoms with Crippen molar-refractivity contribution in [1.82, 2.24) is 0 Å². The first-order valence-corrected chi connectivity index (χ1v) is 5.76. The highest BCUT2D eigenvalue weighted by Gasteiger charge is 2.20. The van der Waals surface area contributed by atoms with E-state index in [0.717, 1.165) is 0 Å². The summed E-state index contributed by atoms with van der Waals surface area (Å²) in [6.45, 7) is 0. The Bertz CT molecular complexity index is 629. The van der Waals surface area contributed by atoms with E-state index >= 15 is 0 Å². The third kappa shape index (κ3) is 3.08. The van der Waals surface area contributed by atoms with Gasteiger partial charge in [0.2, 0.25) is 0 Å². The minimum absolute atomic E-state index is 0.0682. The Morgan fingerprint density at radius 3 is 2.47 bits per heavy atom. The summed E-state index contributed by atoms with van der Waals surface area (Å²) in [5.74, 6) is -0.569. The van der Waals surface area contributed by atoms with Crippen LogP contribution in [-0.4, -0.2) is 10.8 Å². The molecule has 0 aliphatic carbocycles. The number of hydrogen-bond acceptors (Lipinski definition) is 3. The molecular formula is C13H9ClN2O3. The van der Waals surface area contributed by atoms with E-state index in [1.54, 1.807) is 30.3 Å². The highest BCUT2D eigenvalue weighted by Crippen LogP contribution is 2.23. The maximum atomic E-state index is 12.0. The average molecular weight is 277 g/mol. The number of rotatable bonds is 3. The Kier molecular flexibility index (Phi) is 3.77. The standard InChI is InChI=1S/C13H9ClN2O3/c14-9-6-7-12(16(18)19)11(8-9)13(17)15-10-4-2-1-3-5-10/h1-8H,(H,15,17). The van der Waals surface area contributed by atoms with Crippen LogP contribution < -0.4 is 5.32 Å². The predicted molar refractivity (Wildman–Crippen MR) is 72.5 cm³/mol. The van der Waals surface area contributed by atoms with Crippen LogP contribution in [0.3, 0.4) is 0 Å². The fraction of sp³-hybridized carbons (Fsp3) is 0. The molecule has 2 rings (SSSR count). The van der Waals surface area contributed by atoms with Crippen LogP contribution in [0.5, 0.6) is 0 Å². The van der Waals surface area contributed by atoms with E-state index in [1.165, 1.54) is 18.2 Å². The van der Waals surface area contributed by atoms with E-state index in [2.05, 4.69) is 5.32 Å². The number of hydrogen-bond donors (Lipinski definition) is 1. The summed E-state index contributed by atoms with van der Waals surface area (Å²) < 4.78 is 0.